The van der Waals surface area contributed by atoms with Crippen molar-refractivity contribution in [3.8, 4) is 0 Å². The van der Waals surface area contributed by atoms with E-state index in [2.05, 4.69) is 20.1 Å². The Bertz CT molecular complexity index is 722. The van der Waals surface area contributed by atoms with Gasteiger partial charge in [-0.25, -0.2) is 19.3 Å². The van der Waals surface area contributed by atoms with Crippen molar-refractivity contribution in [1.29, 1.82) is 0 Å². The molecule has 2 aromatic rings. The number of nitrogens with one attached hydrogen (secondary N) is 1. The fourth-order valence-electron chi connectivity index (χ4n) is 1.86. The van der Waals surface area contributed by atoms with Gasteiger partial charge in [0.2, 0.25) is 0 Å². The monoisotopic (exact) mass is 309 g/mol. The molecule has 9 heteroatoms. The van der Waals surface area contributed by atoms with E-state index < -0.39 is 11.7 Å². The summed E-state index contributed by atoms with van der Waals surface area (Å²) in [4.78, 5) is 33.0. The fourth-order valence-corrected chi connectivity index (χ4v) is 2.86. The van der Waals surface area contributed by atoms with Gasteiger partial charge in [-0.15, -0.1) is 0 Å². The second-order valence-electron chi connectivity index (χ2n) is 4.66. The van der Waals surface area contributed by atoms with Crippen molar-refractivity contribution in [2.45, 2.75) is 37.6 Å². The summed E-state index contributed by atoms with van der Waals surface area (Å²) in [6.45, 7) is 5.48. The van der Waals surface area contributed by atoms with E-state index in [1.54, 1.807) is 4.68 Å². The van der Waals surface area contributed by atoms with Crippen molar-refractivity contribution in [2.75, 3.05) is 0 Å². The summed E-state index contributed by atoms with van der Waals surface area (Å²) in [6, 6.07) is 0.149. The van der Waals surface area contributed by atoms with E-state index in [9.17, 15) is 14.7 Å². The minimum atomic E-state index is -1.12. The van der Waals surface area contributed by atoms with Crippen LogP contribution < -0.4 is 5.69 Å². The van der Waals surface area contributed by atoms with Gasteiger partial charge in [-0.2, -0.15) is 10.1 Å². The molecule has 2 rings (SSSR count). The van der Waals surface area contributed by atoms with E-state index in [4.69, 9.17) is 0 Å². The molecule has 2 N–H and O–H groups in total. The van der Waals surface area contributed by atoms with Crippen LogP contribution in [-0.4, -0.2) is 35.8 Å². The number of thioether (sulfide) groups is 1. The molecule has 0 aliphatic rings. The van der Waals surface area contributed by atoms with Crippen molar-refractivity contribution in [3.05, 3.63) is 33.9 Å². The Morgan fingerprint density at radius 2 is 2.24 bits per heavy atom. The number of hydrogen-bond donors (Lipinski definition) is 2. The van der Waals surface area contributed by atoms with Gasteiger partial charge in [0, 0.05) is 11.7 Å². The first kappa shape index (κ1) is 15.2. The van der Waals surface area contributed by atoms with Gasteiger partial charge in [0.05, 0.1) is 5.75 Å². The molecule has 0 aliphatic carbocycles. The highest BCUT2D eigenvalue weighted by atomic mass is 32.2. The maximum absolute atomic E-state index is 11.4. The molecule has 0 fully saturated rings. The molecule has 8 nitrogen and oxygen atoms in total. The van der Waals surface area contributed by atoms with Crippen LogP contribution in [0, 0.1) is 6.92 Å². The SMILES string of the molecule is Cc1[nH]c(=O)nc(SCc2ncnn2C(C)C)c1C(=O)O. The van der Waals surface area contributed by atoms with Gasteiger partial charge in [0.25, 0.3) is 0 Å². The lowest BCUT2D eigenvalue weighted by Gasteiger charge is -2.10. The summed E-state index contributed by atoms with van der Waals surface area (Å²) in [5, 5.41) is 13.5. The normalized spacial score (nSPS) is 11.0. The Morgan fingerprint density at radius 1 is 1.52 bits per heavy atom. The molecule has 112 valence electrons. The van der Waals surface area contributed by atoms with Gasteiger partial charge in [0.15, 0.2) is 0 Å². The topological polar surface area (TPSA) is 114 Å². The van der Waals surface area contributed by atoms with Gasteiger partial charge in [-0.1, -0.05) is 11.8 Å². The van der Waals surface area contributed by atoms with Gasteiger partial charge in [-0.3, -0.25) is 0 Å². The van der Waals surface area contributed by atoms with Crippen molar-refractivity contribution >= 4 is 17.7 Å². The molecule has 0 bridgehead atoms. The second kappa shape index (κ2) is 6.08. The third-order valence-corrected chi connectivity index (χ3v) is 3.75. The number of H-pyrrole nitrogens is 1. The Morgan fingerprint density at radius 3 is 2.86 bits per heavy atom. The summed E-state index contributed by atoms with van der Waals surface area (Å²) in [6.07, 6.45) is 1.45. The zero-order valence-corrected chi connectivity index (χ0v) is 12.6. The third-order valence-electron chi connectivity index (χ3n) is 2.77. The summed E-state index contributed by atoms with van der Waals surface area (Å²) in [5.74, 6) is -0.0379. The van der Waals surface area contributed by atoms with Crippen LogP contribution in [0.1, 0.15) is 41.8 Å². The van der Waals surface area contributed by atoms with Crippen LogP contribution in [-0.2, 0) is 5.75 Å². The first-order valence-corrected chi connectivity index (χ1v) is 7.24. The van der Waals surface area contributed by atoms with Crippen LogP contribution in [0.5, 0.6) is 0 Å². The smallest absolute Gasteiger partial charge is 0.346 e. The largest absolute Gasteiger partial charge is 0.478 e. The predicted octanol–water partition coefficient (Wildman–Crippen LogP) is 1.24. The number of carbonyl (C=O) groups is 1. The molecule has 2 aromatic heterocycles. The van der Waals surface area contributed by atoms with Crippen molar-refractivity contribution < 1.29 is 9.90 Å². The highest BCUT2D eigenvalue weighted by Crippen LogP contribution is 2.24. The number of rotatable bonds is 5. The van der Waals surface area contributed by atoms with Gasteiger partial charge in [-0.05, 0) is 20.8 Å². The minimum absolute atomic E-state index is 0.00946. The number of aromatic nitrogens is 5. The van der Waals surface area contributed by atoms with Crippen LogP contribution >= 0.6 is 11.8 Å². The summed E-state index contributed by atoms with van der Waals surface area (Å²) in [5.41, 5.74) is -0.268. The fraction of sp³-hybridized carbons (Fsp3) is 0.417. The van der Waals surface area contributed by atoms with Crippen molar-refractivity contribution in [3.63, 3.8) is 0 Å². The average Bonchev–Trinajstić information content (AvgIpc) is 2.83. The van der Waals surface area contributed by atoms with Crippen LogP contribution in [0.2, 0.25) is 0 Å². The molecule has 0 aromatic carbocycles. The molecule has 21 heavy (non-hydrogen) atoms. The number of carboxylic acid groups (broad SMARTS) is 1. The minimum Gasteiger partial charge on any atom is -0.478 e. The van der Waals surface area contributed by atoms with E-state index in [-0.39, 0.29) is 22.3 Å². The molecule has 0 amide bonds. The van der Waals surface area contributed by atoms with Crippen LogP contribution in [0.15, 0.2) is 16.1 Å². The molecule has 2 heterocycles. The first-order valence-electron chi connectivity index (χ1n) is 6.25. The number of aromatic carboxylic acids is 1. The van der Waals surface area contributed by atoms with E-state index in [1.807, 2.05) is 13.8 Å². The van der Waals surface area contributed by atoms with E-state index in [1.165, 1.54) is 13.3 Å². The molecule has 0 radical (unpaired) electrons. The number of aryl methyl sites for hydroxylation is 1. The van der Waals surface area contributed by atoms with Gasteiger partial charge in [0.1, 0.15) is 22.7 Å². The summed E-state index contributed by atoms with van der Waals surface area (Å²) < 4.78 is 1.74. The average molecular weight is 309 g/mol. The molecule has 0 spiro atoms. The lowest BCUT2D eigenvalue weighted by atomic mass is 10.2. The van der Waals surface area contributed by atoms with Crippen LogP contribution in [0.25, 0.3) is 0 Å². The first-order chi connectivity index (χ1) is 9.90. The Hall–Kier alpha value is -2.16. The van der Waals surface area contributed by atoms with E-state index in [0.717, 1.165) is 11.8 Å². The second-order valence-corrected chi connectivity index (χ2v) is 5.62. The quantitative estimate of drug-likeness (QED) is 0.631. The molecular formula is C12H15N5O3S. The molecule has 0 atom stereocenters. The molecule has 0 aliphatic heterocycles. The van der Waals surface area contributed by atoms with Crippen molar-refractivity contribution in [1.82, 2.24) is 24.7 Å². The molecular weight excluding hydrogens is 294 g/mol. The lowest BCUT2D eigenvalue weighted by molar-refractivity contribution is 0.0690. The van der Waals surface area contributed by atoms with E-state index >= 15 is 0 Å². The zero-order valence-electron chi connectivity index (χ0n) is 11.8. The third kappa shape index (κ3) is 3.30. The van der Waals surface area contributed by atoms with Gasteiger partial charge < -0.3 is 10.1 Å². The summed E-state index contributed by atoms with van der Waals surface area (Å²) >= 11 is 1.16. The maximum Gasteiger partial charge on any atom is 0.346 e. The maximum atomic E-state index is 11.4. The number of carboxylic acids is 1. The predicted molar refractivity (Wildman–Crippen MR) is 76.5 cm³/mol. The Labute approximate surface area is 124 Å². The number of hydrogen-bond acceptors (Lipinski definition) is 6. The van der Waals surface area contributed by atoms with Crippen LogP contribution in [0.3, 0.4) is 0 Å². The van der Waals surface area contributed by atoms with E-state index in [0.29, 0.717) is 11.6 Å². The number of aromatic amines is 1. The highest BCUT2D eigenvalue weighted by molar-refractivity contribution is 7.98. The number of nitrogens with zero attached hydrogens (tertiary/aromatic N) is 4. The zero-order chi connectivity index (χ0) is 15.6. The van der Waals surface area contributed by atoms with Crippen molar-refractivity contribution in [2.24, 2.45) is 0 Å². The Balaban J connectivity index is 2.30. The molecule has 0 saturated heterocycles. The van der Waals surface area contributed by atoms with Gasteiger partial charge >= 0.3 is 11.7 Å². The lowest BCUT2D eigenvalue weighted by Crippen LogP contribution is -2.18. The standard InChI is InChI=1S/C12H15N5O3S/c1-6(2)17-8(13-5-14-17)4-21-10-9(11(18)19)7(3)15-12(20)16-10/h5-6H,4H2,1-3H3,(H,18,19)(H,15,16,20). The Kier molecular flexibility index (Phi) is 4.41. The highest BCUT2D eigenvalue weighted by Gasteiger charge is 2.18. The van der Waals surface area contributed by atoms with Crippen LogP contribution in [0.4, 0.5) is 0 Å². The molecule has 0 unspecified atom stereocenters. The molecule has 0 saturated carbocycles. The summed E-state index contributed by atoms with van der Waals surface area (Å²) in [7, 11) is 0.